The summed E-state index contributed by atoms with van der Waals surface area (Å²) in [5, 5.41) is 7.00. The molecule has 0 spiro atoms. The van der Waals surface area contributed by atoms with Gasteiger partial charge in [0.15, 0.2) is 5.82 Å². The van der Waals surface area contributed by atoms with Gasteiger partial charge < -0.3 is 15.6 Å². The van der Waals surface area contributed by atoms with Crippen LogP contribution in [0, 0.1) is 13.8 Å². The monoisotopic (exact) mass is 317 g/mol. The van der Waals surface area contributed by atoms with Crippen molar-refractivity contribution in [2.24, 2.45) is 5.73 Å². The summed E-state index contributed by atoms with van der Waals surface area (Å²) >= 11 is 0. The first kappa shape index (κ1) is 16.8. The molecule has 23 heavy (non-hydrogen) atoms. The molecule has 0 saturated heterocycles. The Hall–Kier alpha value is -2.57. The fraction of sp³-hybridized carbons (Fsp3) is 0.438. The number of carbonyl (C=O) groups is 2. The van der Waals surface area contributed by atoms with E-state index in [9.17, 15) is 9.59 Å². The number of nitrogens with one attached hydrogen (secondary N) is 1. The number of aromatic nitrogens is 3. The molecule has 0 aliphatic heterocycles. The predicted molar refractivity (Wildman–Crippen MR) is 88.3 cm³/mol. The van der Waals surface area contributed by atoms with E-state index in [-0.39, 0.29) is 18.2 Å². The molecule has 7 nitrogen and oxygen atoms in total. The Morgan fingerprint density at radius 2 is 2.04 bits per heavy atom. The highest BCUT2D eigenvalue weighted by Crippen LogP contribution is 2.21. The topological polar surface area (TPSA) is 94.9 Å². The number of hydrogen-bond acceptors (Lipinski definition) is 3. The van der Waals surface area contributed by atoms with Crippen molar-refractivity contribution in [3.8, 4) is 0 Å². The van der Waals surface area contributed by atoms with Crippen LogP contribution in [0.5, 0.6) is 0 Å². The van der Waals surface area contributed by atoms with Gasteiger partial charge in [-0.05, 0) is 33.8 Å². The van der Waals surface area contributed by atoms with Gasteiger partial charge >= 0.3 is 0 Å². The van der Waals surface area contributed by atoms with Crippen molar-refractivity contribution in [1.82, 2.24) is 14.3 Å². The molecule has 0 aromatic carbocycles. The smallest absolute Gasteiger partial charge is 0.258 e. The zero-order valence-corrected chi connectivity index (χ0v) is 14.0. The summed E-state index contributed by atoms with van der Waals surface area (Å²) < 4.78 is 3.71. The van der Waals surface area contributed by atoms with Gasteiger partial charge in [0.1, 0.15) is 0 Å². The van der Waals surface area contributed by atoms with Gasteiger partial charge in [-0.15, -0.1) is 0 Å². The van der Waals surface area contributed by atoms with Gasteiger partial charge in [0.2, 0.25) is 5.91 Å². The predicted octanol–water partition coefficient (Wildman–Crippen LogP) is 2.01. The van der Waals surface area contributed by atoms with Crippen LogP contribution in [-0.4, -0.2) is 26.2 Å². The first-order valence-electron chi connectivity index (χ1n) is 7.61. The summed E-state index contributed by atoms with van der Waals surface area (Å²) in [5.74, 6) is -0.119. The van der Waals surface area contributed by atoms with Crippen LogP contribution in [0.3, 0.4) is 0 Å². The highest BCUT2D eigenvalue weighted by atomic mass is 16.2. The van der Waals surface area contributed by atoms with E-state index in [1.807, 2.05) is 19.9 Å². The van der Waals surface area contributed by atoms with Crippen LogP contribution in [0.1, 0.15) is 48.1 Å². The van der Waals surface area contributed by atoms with Crippen LogP contribution >= 0.6 is 0 Å². The number of carbonyl (C=O) groups excluding carboxylic acids is 2. The third-order valence-corrected chi connectivity index (χ3v) is 3.71. The minimum absolute atomic E-state index is 0.190. The van der Waals surface area contributed by atoms with Crippen molar-refractivity contribution < 1.29 is 9.59 Å². The van der Waals surface area contributed by atoms with Gasteiger partial charge in [-0.25, -0.2) is 0 Å². The van der Waals surface area contributed by atoms with Gasteiger partial charge in [-0.3, -0.25) is 14.3 Å². The molecule has 0 fully saturated rings. The number of amides is 2. The molecule has 0 bridgehead atoms. The van der Waals surface area contributed by atoms with Crippen molar-refractivity contribution in [2.45, 2.75) is 46.7 Å². The van der Waals surface area contributed by atoms with E-state index in [1.165, 1.54) is 0 Å². The van der Waals surface area contributed by atoms with E-state index in [0.29, 0.717) is 24.0 Å². The average Bonchev–Trinajstić information content (AvgIpc) is 3.00. The van der Waals surface area contributed by atoms with Crippen molar-refractivity contribution in [3.63, 3.8) is 0 Å². The Morgan fingerprint density at radius 1 is 1.35 bits per heavy atom. The fourth-order valence-electron chi connectivity index (χ4n) is 2.76. The Balaban J connectivity index is 2.11. The Morgan fingerprint density at radius 3 is 2.61 bits per heavy atom. The standard InChI is InChI=1S/C16H23N5O2/c1-10(2)21-11(3)9-13(12(21)4)16(23)18-15-6-8-20(19-15)7-5-14(17)22/h6,8-10H,5,7H2,1-4H3,(H2,17,22)(H,18,19,23). The number of nitrogens with zero attached hydrogens (tertiary/aromatic N) is 3. The molecule has 2 aromatic rings. The van der Waals surface area contributed by atoms with Crippen molar-refractivity contribution >= 4 is 17.6 Å². The van der Waals surface area contributed by atoms with Crippen molar-refractivity contribution in [2.75, 3.05) is 5.32 Å². The van der Waals surface area contributed by atoms with E-state index in [2.05, 4.69) is 28.8 Å². The number of anilines is 1. The Kier molecular flexibility index (Phi) is 4.88. The third kappa shape index (κ3) is 3.80. The number of aryl methyl sites for hydroxylation is 2. The number of rotatable bonds is 6. The van der Waals surface area contributed by atoms with Crippen LogP contribution in [0.15, 0.2) is 18.3 Å². The first-order chi connectivity index (χ1) is 10.8. The lowest BCUT2D eigenvalue weighted by Crippen LogP contribution is -2.16. The quantitative estimate of drug-likeness (QED) is 0.853. The van der Waals surface area contributed by atoms with Crippen LogP contribution < -0.4 is 11.1 Å². The van der Waals surface area contributed by atoms with Gasteiger partial charge in [0.05, 0.1) is 5.56 Å². The molecule has 0 aliphatic rings. The Bertz CT molecular complexity index is 727. The van der Waals surface area contributed by atoms with Gasteiger partial charge in [0, 0.05) is 42.7 Å². The van der Waals surface area contributed by atoms with Gasteiger partial charge in [0.25, 0.3) is 5.91 Å². The Labute approximate surface area is 135 Å². The lowest BCUT2D eigenvalue weighted by atomic mass is 10.2. The van der Waals surface area contributed by atoms with Crippen LogP contribution in [0.2, 0.25) is 0 Å². The lowest BCUT2D eigenvalue weighted by molar-refractivity contribution is -0.118. The van der Waals surface area contributed by atoms with Crippen LogP contribution in [0.4, 0.5) is 5.82 Å². The highest BCUT2D eigenvalue weighted by Gasteiger charge is 2.17. The maximum absolute atomic E-state index is 12.5. The van der Waals surface area contributed by atoms with E-state index in [0.717, 1.165) is 11.4 Å². The molecule has 3 N–H and O–H groups in total. The molecule has 0 aliphatic carbocycles. The maximum atomic E-state index is 12.5. The number of hydrogen-bond donors (Lipinski definition) is 2. The maximum Gasteiger partial charge on any atom is 0.258 e. The normalized spacial score (nSPS) is 11.0. The molecule has 2 amide bonds. The van der Waals surface area contributed by atoms with E-state index in [4.69, 9.17) is 5.73 Å². The summed E-state index contributed by atoms with van der Waals surface area (Å²) in [7, 11) is 0. The van der Waals surface area contributed by atoms with E-state index in [1.54, 1.807) is 16.9 Å². The summed E-state index contributed by atoms with van der Waals surface area (Å²) in [6, 6.07) is 3.87. The van der Waals surface area contributed by atoms with Crippen LogP contribution in [-0.2, 0) is 11.3 Å². The average molecular weight is 317 g/mol. The van der Waals surface area contributed by atoms with Gasteiger partial charge in [-0.2, -0.15) is 5.10 Å². The fourth-order valence-corrected chi connectivity index (χ4v) is 2.76. The molecule has 2 rings (SSSR count). The van der Waals surface area contributed by atoms with Gasteiger partial charge in [-0.1, -0.05) is 0 Å². The largest absolute Gasteiger partial charge is 0.370 e. The second-order valence-electron chi connectivity index (χ2n) is 5.88. The lowest BCUT2D eigenvalue weighted by Gasteiger charge is -2.13. The molecule has 2 heterocycles. The molecule has 2 aromatic heterocycles. The molecule has 124 valence electrons. The molecule has 7 heteroatoms. The zero-order valence-electron chi connectivity index (χ0n) is 14.0. The zero-order chi connectivity index (χ0) is 17.1. The number of primary amides is 1. The summed E-state index contributed by atoms with van der Waals surface area (Å²) in [6.45, 7) is 8.49. The first-order valence-corrected chi connectivity index (χ1v) is 7.61. The molecule has 0 atom stereocenters. The summed E-state index contributed by atoms with van der Waals surface area (Å²) in [4.78, 5) is 23.2. The molecular formula is C16H23N5O2. The molecule has 0 radical (unpaired) electrons. The number of nitrogens with two attached hydrogens (primary N) is 1. The minimum Gasteiger partial charge on any atom is -0.370 e. The summed E-state index contributed by atoms with van der Waals surface area (Å²) in [6.07, 6.45) is 1.92. The highest BCUT2D eigenvalue weighted by molar-refractivity contribution is 6.04. The van der Waals surface area contributed by atoms with E-state index >= 15 is 0 Å². The third-order valence-electron chi connectivity index (χ3n) is 3.71. The molecular weight excluding hydrogens is 294 g/mol. The SMILES string of the molecule is Cc1cc(C(=O)Nc2ccn(CCC(N)=O)n2)c(C)n1C(C)C. The second kappa shape index (κ2) is 6.68. The molecule has 0 unspecified atom stereocenters. The van der Waals surface area contributed by atoms with Crippen LogP contribution in [0.25, 0.3) is 0 Å². The van der Waals surface area contributed by atoms with Crippen molar-refractivity contribution in [1.29, 1.82) is 0 Å². The van der Waals surface area contributed by atoms with Crippen molar-refractivity contribution in [3.05, 3.63) is 35.3 Å². The van der Waals surface area contributed by atoms with E-state index < -0.39 is 0 Å². The summed E-state index contributed by atoms with van der Waals surface area (Å²) in [5.41, 5.74) is 7.73. The molecule has 0 saturated carbocycles. The minimum atomic E-state index is -0.382. The second-order valence-corrected chi connectivity index (χ2v) is 5.88.